The van der Waals surface area contributed by atoms with Crippen LogP contribution in [0, 0.1) is 51.2 Å². The van der Waals surface area contributed by atoms with Crippen molar-refractivity contribution >= 4 is 0 Å². The van der Waals surface area contributed by atoms with E-state index in [-0.39, 0.29) is 0 Å². The second kappa shape index (κ2) is 9.75. The molecule has 0 radical (unpaired) electrons. The van der Waals surface area contributed by atoms with Gasteiger partial charge < -0.3 is 5.11 Å². The number of fused-ring (bicyclic) bond motifs is 7. The van der Waals surface area contributed by atoms with E-state index in [2.05, 4.69) is 34.3 Å². The number of hydrogen-bond donors (Lipinski definition) is 1. The van der Waals surface area contributed by atoms with Crippen LogP contribution in [0.2, 0.25) is 0 Å². The maximum atomic E-state index is 10.3. The monoisotopic (exact) mass is 444 g/mol. The zero-order valence-corrected chi connectivity index (χ0v) is 22.8. The molecule has 5 fully saturated rings. The molecule has 8 unspecified atom stereocenters. The summed E-state index contributed by atoms with van der Waals surface area (Å²) >= 11 is 0. The van der Waals surface area contributed by atoms with Crippen molar-refractivity contribution in [2.24, 2.45) is 51.2 Å². The fraction of sp³-hybridized carbons (Fsp3) is 0.935. The molecule has 186 valence electrons. The molecule has 1 N–H and O–H groups in total. The van der Waals surface area contributed by atoms with Crippen molar-refractivity contribution < 1.29 is 5.11 Å². The molecule has 0 aromatic heterocycles. The normalized spacial score (nSPS) is 48.3. The van der Waals surface area contributed by atoms with Crippen molar-refractivity contribution in [3.05, 3.63) is 12.7 Å². The summed E-state index contributed by atoms with van der Waals surface area (Å²) in [5.41, 5.74) is 2.03. The van der Waals surface area contributed by atoms with E-state index in [0.717, 1.165) is 29.6 Å². The quantitative estimate of drug-likeness (QED) is 0.400. The Labute approximate surface area is 201 Å². The minimum atomic E-state index is 0.318. The van der Waals surface area contributed by atoms with E-state index in [0.29, 0.717) is 28.3 Å². The molecule has 32 heavy (non-hydrogen) atoms. The Bertz CT molecular complexity index is 636. The van der Waals surface area contributed by atoms with Gasteiger partial charge in [-0.25, -0.2) is 0 Å². The van der Waals surface area contributed by atoms with E-state index < -0.39 is 0 Å². The maximum absolute atomic E-state index is 10.3. The first kappa shape index (κ1) is 26.3. The lowest BCUT2D eigenvalue weighted by atomic mass is 9.36. The topological polar surface area (TPSA) is 20.2 Å². The standard InChI is InChI=1S/C26H44O.C3H6.C2H6/c1-23(2)12-6-13-25(4)21(23)11-15-24(3)19-10-16-26(17-27)14-5-7-20(26)18(19)8-9-22(24)25;1-3-2;1-2/h18-22,27H,5-17H2,1-4H3;3H,1H2,2H3;1-2H3. The first-order valence-electron chi connectivity index (χ1n) is 14.4. The average Bonchev–Trinajstić information content (AvgIpc) is 3.20. The van der Waals surface area contributed by atoms with Crippen molar-refractivity contribution in [1.82, 2.24) is 0 Å². The highest BCUT2D eigenvalue weighted by molar-refractivity contribution is 5.14. The fourth-order valence-corrected chi connectivity index (χ4v) is 10.7. The van der Waals surface area contributed by atoms with Gasteiger partial charge in [-0.1, -0.05) is 60.5 Å². The summed E-state index contributed by atoms with van der Waals surface area (Å²) in [4.78, 5) is 0. The van der Waals surface area contributed by atoms with Crippen molar-refractivity contribution in [2.75, 3.05) is 6.61 Å². The van der Waals surface area contributed by atoms with Crippen LogP contribution in [-0.4, -0.2) is 11.7 Å². The molecular formula is C31H56O. The van der Waals surface area contributed by atoms with Crippen LogP contribution in [0.15, 0.2) is 12.7 Å². The molecule has 0 heterocycles. The molecule has 0 saturated heterocycles. The number of allylic oxidation sites excluding steroid dienone is 1. The molecule has 0 aliphatic heterocycles. The third-order valence-corrected chi connectivity index (χ3v) is 11.8. The minimum absolute atomic E-state index is 0.318. The Kier molecular flexibility index (Phi) is 8.02. The van der Waals surface area contributed by atoms with Crippen molar-refractivity contribution in [1.29, 1.82) is 0 Å². The van der Waals surface area contributed by atoms with Crippen molar-refractivity contribution in [2.45, 2.75) is 126 Å². The van der Waals surface area contributed by atoms with E-state index in [1.165, 1.54) is 77.0 Å². The summed E-state index contributed by atoms with van der Waals surface area (Å²) < 4.78 is 0. The summed E-state index contributed by atoms with van der Waals surface area (Å²) in [5, 5.41) is 10.3. The number of rotatable bonds is 1. The first-order chi connectivity index (χ1) is 15.2. The van der Waals surface area contributed by atoms with Gasteiger partial charge in [0.05, 0.1) is 0 Å². The lowest BCUT2D eigenvalue weighted by Crippen LogP contribution is -2.61. The van der Waals surface area contributed by atoms with Gasteiger partial charge in [0, 0.05) is 6.61 Å². The highest BCUT2D eigenvalue weighted by Gasteiger charge is 2.65. The summed E-state index contributed by atoms with van der Waals surface area (Å²) in [7, 11) is 0. The van der Waals surface area contributed by atoms with Crippen LogP contribution in [0.4, 0.5) is 0 Å². The predicted octanol–water partition coefficient (Wildman–Crippen LogP) is 9.05. The lowest BCUT2D eigenvalue weighted by Gasteiger charge is -2.68. The molecule has 5 rings (SSSR count). The summed E-state index contributed by atoms with van der Waals surface area (Å²) in [5.74, 6) is 4.60. The van der Waals surface area contributed by atoms with Gasteiger partial charge in [-0.2, -0.15) is 0 Å². The van der Waals surface area contributed by atoms with Crippen LogP contribution in [0.5, 0.6) is 0 Å². The van der Waals surface area contributed by atoms with E-state index in [1.54, 1.807) is 6.08 Å². The Morgan fingerprint density at radius 1 is 0.750 bits per heavy atom. The Hall–Kier alpha value is -0.300. The van der Waals surface area contributed by atoms with Crippen LogP contribution in [0.25, 0.3) is 0 Å². The molecule has 1 heteroatoms. The third kappa shape index (κ3) is 3.95. The van der Waals surface area contributed by atoms with Crippen LogP contribution >= 0.6 is 0 Å². The van der Waals surface area contributed by atoms with Gasteiger partial charge >= 0.3 is 0 Å². The highest BCUT2D eigenvalue weighted by atomic mass is 16.3. The molecule has 5 aliphatic carbocycles. The molecule has 0 bridgehead atoms. The minimum Gasteiger partial charge on any atom is -0.396 e. The first-order valence-corrected chi connectivity index (χ1v) is 14.4. The molecular weight excluding hydrogens is 388 g/mol. The van der Waals surface area contributed by atoms with Gasteiger partial charge in [0.2, 0.25) is 0 Å². The van der Waals surface area contributed by atoms with Gasteiger partial charge in [0.15, 0.2) is 0 Å². The van der Waals surface area contributed by atoms with E-state index >= 15 is 0 Å². The van der Waals surface area contributed by atoms with Crippen LogP contribution in [0.3, 0.4) is 0 Å². The average molecular weight is 445 g/mol. The van der Waals surface area contributed by atoms with E-state index in [1.807, 2.05) is 20.8 Å². The molecule has 5 saturated carbocycles. The number of hydrogen-bond acceptors (Lipinski definition) is 1. The Morgan fingerprint density at radius 3 is 2.09 bits per heavy atom. The molecule has 0 aromatic rings. The van der Waals surface area contributed by atoms with Crippen LogP contribution in [-0.2, 0) is 0 Å². The second-order valence-electron chi connectivity index (χ2n) is 13.3. The molecule has 8 atom stereocenters. The van der Waals surface area contributed by atoms with Gasteiger partial charge in [0.25, 0.3) is 0 Å². The molecule has 1 nitrogen and oxygen atoms in total. The SMILES string of the molecule is C=CC.CC.CC1(C)CCCC2(C)C1CCC1(C)C3CCC4(CO)CCCC4C3CCC12. The smallest absolute Gasteiger partial charge is 0.0490 e. The molecule has 0 amide bonds. The third-order valence-electron chi connectivity index (χ3n) is 11.8. The summed E-state index contributed by atoms with van der Waals surface area (Å²) in [6, 6.07) is 0. The van der Waals surface area contributed by atoms with Gasteiger partial charge in [-0.05, 0) is 122 Å². The highest BCUT2D eigenvalue weighted by Crippen LogP contribution is 2.72. The van der Waals surface area contributed by atoms with Gasteiger partial charge in [-0.3, -0.25) is 0 Å². The second-order valence-corrected chi connectivity index (χ2v) is 13.3. The Balaban J connectivity index is 0.000000536. The van der Waals surface area contributed by atoms with Gasteiger partial charge in [-0.15, -0.1) is 6.58 Å². The zero-order chi connectivity index (χ0) is 23.8. The van der Waals surface area contributed by atoms with Crippen LogP contribution < -0.4 is 0 Å². The molecule has 0 spiro atoms. The van der Waals surface area contributed by atoms with E-state index in [4.69, 9.17) is 0 Å². The Morgan fingerprint density at radius 2 is 1.44 bits per heavy atom. The molecule has 5 aliphatic rings. The van der Waals surface area contributed by atoms with Crippen LogP contribution in [0.1, 0.15) is 126 Å². The number of aliphatic hydroxyl groups is 1. The maximum Gasteiger partial charge on any atom is 0.0490 e. The molecule has 0 aromatic carbocycles. The predicted molar refractivity (Wildman–Crippen MR) is 140 cm³/mol. The van der Waals surface area contributed by atoms with Gasteiger partial charge in [0.1, 0.15) is 0 Å². The largest absolute Gasteiger partial charge is 0.396 e. The summed E-state index contributed by atoms with van der Waals surface area (Å²) in [6.45, 7) is 20.3. The van der Waals surface area contributed by atoms with E-state index in [9.17, 15) is 5.11 Å². The van der Waals surface area contributed by atoms with Crippen molar-refractivity contribution in [3.63, 3.8) is 0 Å². The zero-order valence-electron chi connectivity index (χ0n) is 22.8. The lowest BCUT2D eigenvalue weighted by molar-refractivity contribution is -0.197. The summed E-state index contributed by atoms with van der Waals surface area (Å²) in [6.07, 6.45) is 18.9. The van der Waals surface area contributed by atoms with Crippen molar-refractivity contribution in [3.8, 4) is 0 Å². The fourth-order valence-electron chi connectivity index (χ4n) is 10.7. The number of aliphatic hydroxyl groups excluding tert-OH is 1.